The normalized spacial score (nSPS) is 37.7. The summed E-state index contributed by atoms with van der Waals surface area (Å²) in [6, 6.07) is 0. The molecule has 0 radical (unpaired) electrons. The fourth-order valence-corrected chi connectivity index (χ4v) is 4.78. The van der Waals surface area contributed by atoms with Crippen LogP contribution in [0.1, 0.15) is 25.7 Å². The molecule has 0 aromatic heterocycles. The molecule has 114 valence electrons. The Kier molecular flexibility index (Phi) is 2.90. The molecule has 3 aliphatic rings. The third-order valence-electron chi connectivity index (χ3n) is 5.79. The molecule has 0 saturated heterocycles. The van der Waals surface area contributed by atoms with Crippen LogP contribution in [0.4, 0.5) is 0 Å². The molecule has 6 nitrogen and oxygen atoms in total. The number of hydrogen-bond acceptors (Lipinski definition) is 4. The molecular formula is C15H19NO5. The lowest BCUT2D eigenvalue weighted by atomic mass is 9.65. The van der Waals surface area contributed by atoms with Crippen molar-refractivity contribution in [2.45, 2.75) is 25.7 Å². The Balaban J connectivity index is 2.01. The summed E-state index contributed by atoms with van der Waals surface area (Å²) in [5.74, 6) is -3.21. The fourth-order valence-electron chi connectivity index (χ4n) is 4.78. The first-order chi connectivity index (χ1) is 9.90. The zero-order valence-corrected chi connectivity index (χ0v) is 11.9. The highest BCUT2D eigenvalue weighted by Crippen LogP contribution is 2.76. The van der Waals surface area contributed by atoms with Crippen molar-refractivity contribution in [1.29, 1.82) is 0 Å². The number of carbonyl (C=O) groups is 3. The summed E-state index contributed by atoms with van der Waals surface area (Å²) in [7, 11) is 1.27. The highest BCUT2D eigenvalue weighted by Gasteiger charge is 2.76. The van der Waals surface area contributed by atoms with Crippen molar-refractivity contribution in [3.63, 3.8) is 0 Å². The maximum atomic E-state index is 12.2. The standard InChI is InChI=1S/C15H19NO5/c1-21-10(17)4-5-15(13(16)20)9-3-2-8(11(15)12(18)19)14(9)6-7-14/h2-3,8-9,11H,4-7H2,1H3,(H2,16,20)(H,18,19)/t8-,9+,11-,15+/m0/s1. The van der Waals surface area contributed by atoms with Gasteiger partial charge in [-0.2, -0.15) is 0 Å². The monoisotopic (exact) mass is 293 g/mol. The Bertz CT molecular complexity index is 550. The molecule has 0 aromatic carbocycles. The van der Waals surface area contributed by atoms with Gasteiger partial charge in [0, 0.05) is 6.42 Å². The van der Waals surface area contributed by atoms with Crippen LogP contribution in [0.15, 0.2) is 12.2 Å². The molecule has 2 fully saturated rings. The average Bonchev–Trinajstić information content (AvgIpc) is 3.10. The number of esters is 1. The van der Waals surface area contributed by atoms with Crippen molar-refractivity contribution in [3.05, 3.63) is 12.2 Å². The minimum atomic E-state index is -1.17. The number of carboxylic acid groups (broad SMARTS) is 1. The first kappa shape index (κ1) is 14.1. The number of carbonyl (C=O) groups excluding carboxylic acids is 2. The summed E-state index contributed by atoms with van der Waals surface area (Å²) in [4.78, 5) is 35.5. The van der Waals surface area contributed by atoms with Gasteiger partial charge in [0.15, 0.2) is 0 Å². The van der Waals surface area contributed by atoms with Crippen LogP contribution >= 0.6 is 0 Å². The molecule has 3 N–H and O–H groups in total. The van der Waals surface area contributed by atoms with E-state index in [-0.39, 0.29) is 30.1 Å². The van der Waals surface area contributed by atoms with Crippen molar-refractivity contribution in [2.24, 2.45) is 34.3 Å². The molecule has 6 heteroatoms. The maximum Gasteiger partial charge on any atom is 0.308 e. The summed E-state index contributed by atoms with van der Waals surface area (Å²) in [5.41, 5.74) is 4.35. The van der Waals surface area contributed by atoms with E-state index in [4.69, 9.17) is 5.73 Å². The van der Waals surface area contributed by atoms with E-state index >= 15 is 0 Å². The smallest absolute Gasteiger partial charge is 0.308 e. The molecular weight excluding hydrogens is 274 g/mol. The van der Waals surface area contributed by atoms with Gasteiger partial charge in [-0.1, -0.05) is 12.2 Å². The van der Waals surface area contributed by atoms with Crippen LogP contribution in [0.25, 0.3) is 0 Å². The second kappa shape index (κ2) is 4.32. The Morgan fingerprint density at radius 1 is 1.33 bits per heavy atom. The fraction of sp³-hybridized carbons (Fsp3) is 0.667. The molecule has 3 rings (SSSR count). The largest absolute Gasteiger partial charge is 0.481 e. The van der Waals surface area contributed by atoms with Crippen LogP contribution < -0.4 is 5.73 Å². The van der Waals surface area contributed by atoms with Crippen molar-refractivity contribution >= 4 is 17.8 Å². The van der Waals surface area contributed by atoms with Crippen LogP contribution in [-0.2, 0) is 19.1 Å². The Morgan fingerprint density at radius 3 is 2.48 bits per heavy atom. The number of carboxylic acids is 1. The number of allylic oxidation sites excluding steroid dienone is 2. The predicted molar refractivity (Wildman–Crippen MR) is 71.8 cm³/mol. The van der Waals surface area contributed by atoms with Crippen LogP contribution in [0.5, 0.6) is 0 Å². The van der Waals surface area contributed by atoms with E-state index in [1.807, 2.05) is 12.2 Å². The maximum absolute atomic E-state index is 12.2. The van der Waals surface area contributed by atoms with E-state index in [9.17, 15) is 19.5 Å². The first-order valence-electron chi connectivity index (χ1n) is 7.18. The van der Waals surface area contributed by atoms with E-state index in [1.54, 1.807) is 0 Å². The van der Waals surface area contributed by atoms with Crippen LogP contribution in [0.3, 0.4) is 0 Å². The van der Waals surface area contributed by atoms with Crippen molar-refractivity contribution in [3.8, 4) is 0 Å². The van der Waals surface area contributed by atoms with Crippen molar-refractivity contribution in [2.75, 3.05) is 7.11 Å². The van der Waals surface area contributed by atoms with Crippen molar-refractivity contribution in [1.82, 2.24) is 0 Å². The van der Waals surface area contributed by atoms with Gasteiger partial charge >= 0.3 is 11.9 Å². The summed E-state index contributed by atoms with van der Waals surface area (Å²) < 4.78 is 4.62. The number of methoxy groups -OCH3 is 1. The van der Waals surface area contributed by atoms with E-state index in [1.165, 1.54) is 7.11 Å². The van der Waals surface area contributed by atoms with Gasteiger partial charge in [-0.05, 0) is 36.5 Å². The molecule has 0 aromatic rings. The van der Waals surface area contributed by atoms with Gasteiger partial charge in [0.1, 0.15) is 0 Å². The number of primary amides is 1. The second-order valence-electron chi connectivity index (χ2n) is 6.42. The van der Waals surface area contributed by atoms with Gasteiger partial charge in [0.05, 0.1) is 18.4 Å². The lowest BCUT2D eigenvalue weighted by Gasteiger charge is -2.37. The molecule has 0 heterocycles. The molecule has 1 spiro atoms. The molecule has 2 saturated carbocycles. The number of nitrogens with two attached hydrogens (primary N) is 1. The molecule has 3 aliphatic carbocycles. The zero-order valence-electron chi connectivity index (χ0n) is 11.9. The Labute approximate surface area is 122 Å². The summed E-state index contributed by atoms with van der Waals surface area (Å²) >= 11 is 0. The number of ether oxygens (including phenoxy) is 1. The van der Waals surface area contributed by atoms with Gasteiger partial charge in [0.2, 0.25) is 5.91 Å². The number of hydrogen-bond donors (Lipinski definition) is 2. The minimum Gasteiger partial charge on any atom is -0.481 e. The highest BCUT2D eigenvalue weighted by atomic mass is 16.5. The summed E-state index contributed by atoms with van der Waals surface area (Å²) in [6.07, 6.45) is 5.86. The predicted octanol–water partition coefficient (Wildman–Crippen LogP) is 0.708. The lowest BCUT2D eigenvalue weighted by Crippen LogP contribution is -2.49. The Hall–Kier alpha value is -1.85. The summed E-state index contributed by atoms with van der Waals surface area (Å²) in [5, 5.41) is 9.64. The topological polar surface area (TPSA) is 107 Å². The average molecular weight is 293 g/mol. The van der Waals surface area contributed by atoms with E-state index in [0.29, 0.717) is 0 Å². The zero-order chi connectivity index (χ0) is 15.4. The Morgan fingerprint density at radius 2 is 2.00 bits per heavy atom. The molecule has 0 unspecified atom stereocenters. The van der Waals surface area contributed by atoms with Gasteiger partial charge in [0.25, 0.3) is 0 Å². The lowest BCUT2D eigenvalue weighted by molar-refractivity contribution is -0.155. The number of aliphatic carboxylic acids is 1. The number of amides is 1. The van der Waals surface area contributed by atoms with Gasteiger partial charge < -0.3 is 15.6 Å². The van der Waals surface area contributed by atoms with Gasteiger partial charge in [-0.3, -0.25) is 14.4 Å². The SMILES string of the molecule is COC(=O)CC[C@]1(C(N)=O)[C@H](C(=O)O)[C@@H]2C=C[C@@H]1C21CC1. The minimum absolute atomic E-state index is 0.0103. The van der Waals surface area contributed by atoms with Gasteiger partial charge in [-0.25, -0.2) is 0 Å². The molecule has 4 atom stereocenters. The molecule has 2 bridgehead atoms. The third-order valence-corrected chi connectivity index (χ3v) is 5.79. The van der Waals surface area contributed by atoms with Crippen LogP contribution in [0, 0.1) is 28.6 Å². The van der Waals surface area contributed by atoms with Crippen LogP contribution in [-0.4, -0.2) is 30.1 Å². The van der Waals surface area contributed by atoms with E-state index in [0.717, 1.165) is 12.8 Å². The van der Waals surface area contributed by atoms with Crippen molar-refractivity contribution < 1.29 is 24.2 Å². The second-order valence-corrected chi connectivity index (χ2v) is 6.42. The van der Waals surface area contributed by atoms with Crippen LogP contribution in [0.2, 0.25) is 0 Å². The molecule has 21 heavy (non-hydrogen) atoms. The highest BCUT2D eigenvalue weighted by molar-refractivity contribution is 5.90. The van der Waals surface area contributed by atoms with E-state index < -0.39 is 29.2 Å². The van der Waals surface area contributed by atoms with E-state index in [2.05, 4.69) is 4.74 Å². The molecule has 1 amide bonds. The quantitative estimate of drug-likeness (QED) is 0.573. The number of rotatable bonds is 5. The summed E-state index contributed by atoms with van der Waals surface area (Å²) in [6.45, 7) is 0. The third kappa shape index (κ3) is 1.61. The first-order valence-corrected chi connectivity index (χ1v) is 7.18. The molecule has 0 aliphatic heterocycles. The van der Waals surface area contributed by atoms with Gasteiger partial charge in [-0.15, -0.1) is 0 Å².